The van der Waals surface area contributed by atoms with Gasteiger partial charge in [0, 0.05) is 16.3 Å². The first-order valence-corrected chi connectivity index (χ1v) is 7.39. The summed E-state index contributed by atoms with van der Waals surface area (Å²) in [6.07, 6.45) is 0. The average molecular weight is 286 g/mol. The van der Waals surface area contributed by atoms with Gasteiger partial charge < -0.3 is 11.1 Å². The zero-order valence-electron chi connectivity index (χ0n) is 11.6. The third-order valence-corrected chi connectivity index (χ3v) is 3.94. The van der Waals surface area contributed by atoms with Gasteiger partial charge in [0.1, 0.15) is 0 Å². The van der Waals surface area contributed by atoms with Crippen molar-refractivity contribution in [1.82, 2.24) is 0 Å². The second-order valence-electron chi connectivity index (χ2n) is 4.68. The minimum absolute atomic E-state index is 0.00479. The number of thioether (sulfide) groups is 1. The van der Waals surface area contributed by atoms with Gasteiger partial charge in [0.2, 0.25) is 5.91 Å². The van der Waals surface area contributed by atoms with Crippen LogP contribution in [0.25, 0.3) is 0 Å². The van der Waals surface area contributed by atoms with Gasteiger partial charge in [-0.1, -0.05) is 18.2 Å². The van der Waals surface area contributed by atoms with Gasteiger partial charge in [-0.15, -0.1) is 11.8 Å². The molecule has 0 aliphatic heterocycles. The number of anilines is 2. The van der Waals surface area contributed by atoms with Crippen LogP contribution < -0.4 is 11.1 Å². The van der Waals surface area contributed by atoms with E-state index in [1.165, 1.54) is 11.8 Å². The first kappa shape index (κ1) is 14.5. The molecule has 0 heterocycles. The third-order valence-electron chi connectivity index (χ3n) is 2.93. The molecular formula is C16H18N2OS. The van der Waals surface area contributed by atoms with E-state index in [1.54, 1.807) is 0 Å². The van der Waals surface area contributed by atoms with Crippen molar-refractivity contribution in [2.75, 3.05) is 16.8 Å². The molecule has 0 atom stereocenters. The molecule has 0 aromatic heterocycles. The topological polar surface area (TPSA) is 55.1 Å². The molecule has 1 amide bonds. The number of aryl methyl sites for hydroxylation is 2. The summed E-state index contributed by atoms with van der Waals surface area (Å²) >= 11 is 1.53. The highest BCUT2D eigenvalue weighted by Gasteiger charge is 2.08. The zero-order chi connectivity index (χ0) is 14.5. The van der Waals surface area contributed by atoms with E-state index in [0.717, 1.165) is 27.4 Å². The fourth-order valence-corrected chi connectivity index (χ4v) is 2.75. The fourth-order valence-electron chi connectivity index (χ4n) is 2.04. The van der Waals surface area contributed by atoms with E-state index in [9.17, 15) is 4.79 Å². The summed E-state index contributed by atoms with van der Waals surface area (Å²) < 4.78 is 0. The molecule has 0 aliphatic carbocycles. The number of hydrogen-bond acceptors (Lipinski definition) is 3. The summed E-state index contributed by atoms with van der Waals surface area (Å²) in [7, 11) is 0. The number of rotatable bonds is 4. The Hall–Kier alpha value is -1.94. The number of carbonyl (C=O) groups is 1. The van der Waals surface area contributed by atoms with Crippen LogP contribution in [0, 0.1) is 13.8 Å². The van der Waals surface area contributed by atoms with Crippen LogP contribution in [-0.2, 0) is 4.79 Å². The minimum Gasteiger partial charge on any atom is -0.399 e. The Labute approximate surface area is 123 Å². The van der Waals surface area contributed by atoms with Crippen LogP contribution in [0.15, 0.2) is 47.4 Å². The first-order chi connectivity index (χ1) is 9.56. The summed E-state index contributed by atoms with van der Waals surface area (Å²) in [5, 5.41) is 2.96. The summed E-state index contributed by atoms with van der Waals surface area (Å²) in [5.74, 6) is 0.391. The second-order valence-corrected chi connectivity index (χ2v) is 5.73. The van der Waals surface area contributed by atoms with Gasteiger partial charge in [0.05, 0.1) is 5.75 Å². The lowest BCUT2D eigenvalue weighted by Crippen LogP contribution is -2.16. The molecule has 0 radical (unpaired) electrons. The van der Waals surface area contributed by atoms with Crippen molar-refractivity contribution in [1.29, 1.82) is 0 Å². The van der Waals surface area contributed by atoms with E-state index in [2.05, 4.69) is 5.32 Å². The standard InChI is InChI=1S/C16H18N2OS/c1-11-8-13(17)9-12(2)16(11)18-15(19)10-20-14-6-4-3-5-7-14/h3-9H,10,17H2,1-2H3,(H,18,19). The minimum atomic E-state index is -0.00479. The molecule has 104 valence electrons. The average Bonchev–Trinajstić information content (AvgIpc) is 2.42. The van der Waals surface area contributed by atoms with E-state index in [4.69, 9.17) is 5.73 Å². The van der Waals surface area contributed by atoms with Crippen molar-refractivity contribution in [3.63, 3.8) is 0 Å². The van der Waals surface area contributed by atoms with Crippen LogP contribution in [-0.4, -0.2) is 11.7 Å². The molecular weight excluding hydrogens is 268 g/mol. The molecule has 3 nitrogen and oxygen atoms in total. The number of nitrogen functional groups attached to an aromatic ring is 1. The predicted octanol–water partition coefficient (Wildman–Crippen LogP) is 3.62. The molecule has 0 bridgehead atoms. The van der Waals surface area contributed by atoms with E-state index in [1.807, 2.05) is 56.3 Å². The first-order valence-electron chi connectivity index (χ1n) is 6.40. The highest BCUT2D eigenvalue weighted by atomic mass is 32.2. The fraction of sp³-hybridized carbons (Fsp3) is 0.188. The Kier molecular flexibility index (Phi) is 4.69. The normalized spacial score (nSPS) is 10.3. The van der Waals surface area contributed by atoms with Crippen LogP contribution in [0.5, 0.6) is 0 Å². The van der Waals surface area contributed by atoms with E-state index < -0.39 is 0 Å². The van der Waals surface area contributed by atoms with Crippen LogP contribution in [0.2, 0.25) is 0 Å². The SMILES string of the molecule is Cc1cc(N)cc(C)c1NC(=O)CSc1ccccc1. The van der Waals surface area contributed by atoms with Crippen molar-refractivity contribution >= 4 is 29.0 Å². The molecule has 2 aromatic rings. The van der Waals surface area contributed by atoms with Crippen molar-refractivity contribution in [2.24, 2.45) is 0 Å². The molecule has 0 saturated carbocycles. The molecule has 4 heteroatoms. The summed E-state index contributed by atoms with van der Waals surface area (Å²) in [6, 6.07) is 13.6. The monoisotopic (exact) mass is 286 g/mol. The van der Waals surface area contributed by atoms with Crippen LogP contribution in [0.3, 0.4) is 0 Å². The van der Waals surface area contributed by atoms with Crippen molar-refractivity contribution < 1.29 is 4.79 Å². The van der Waals surface area contributed by atoms with E-state index >= 15 is 0 Å². The number of benzene rings is 2. The van der Waals surface area contributed by atoms with E-state index in [0.29, 0.717) is 5.75 Å². The van der Waals surface area contributed by atoms with E-state index in [-0.39, 0.29) is 5.91 Å². The maximum Gasteiger partial charge on any atom is 0.234 e. The quantitative estimate of drug-likeness (QED) is 0.667. The van der Waals surface area contributed by atoms with Gasteiger partial charge in [-0.25, -0.2) is 0 Å². The van der Waals surface area contributed by atoms with Gasteiger partial charge in [-0.05, 0) is 49.2 Å². The van der Waals surface area contributed by atoms with Gasteiger partial charge in [0.25, 0.3) is 0 Å². The second kappa shape index (κ2) is 6.48. The highest BCUT2D eigenvalue weighted by molar-refractivity contribution is 8.00. The summed E-state index contributed by atoms with van der Waals surface area (Å²) in [4.78, 5) is 13.1. The Morgan fingerprint density at radius 2 is 1.75 bits per heavy atom. The smallest absolute Gasteiger partial charge is 0.234 e. The molecule has 2 rings (SSSR count). The summed E-state index contributed by atoms with van der Waals surface area (Å²) in [5.41, 5.74) is 9.33. The molecule has 0 unspecified atom stereocenters. The van der Waals surface area contributed by atoms with Gasteiger partial charge in [0.15, 0.2) is 0 Å². The van der Waals surface area contributed by atoms with Gasteiger partial charge in [-0.3, -0.25) is 4.79 Å². The molecule has 3 N–H and O–H groups in total. The lowest BCUT2D eigenvalue weighted by atomic mass is 10.1. The number of amides is 1. The largest absolute Gasteiger partial charge is 0.399 e. The molecule has 0 spiro atoms. The molecule has 0 fully saturated rings. The number of nitrogens with two attached hydrogens (primary N) is 1. The van der Waals surface area contributed by atoms with Crippen LogP contribution in [0.4, 0.5) is 11.4 Å². The molecule has 0 aliphatic rings. The Morgan fingerprint density at radius 1 is 1.15 bits per heavy atom. The van der Waals surface area contributed by atoms with Crippen LogP contribution in [0.1, 0.15) is 11.1 Å². The number of hydrogen-bond donors (Lipinski definition) is 2. The van der Waals surface area contributed by atoms with Gasteiger partial charge in [-0.2, -0.15) is 0 Å². The van der Waals surface area contributed by atoms with Crippen molar-refractivity contribution in [2.45, 2.75) is 18.7 Å². The number of carbonyl (C=O) groups excluding carboxylic acids is 1. The highest BCUT2D eigenvalue weighted by Crippen LogP contribution is 2.24. The maximum absolute atomic E-state index is 12.0. The predicted molar refractivity (Wildman–Crippen MR) is 86.1 cm³/mol. The Morgan fingerprint density at radius 3 is 2.35 bits per heavy atom. The van der Waals surface area contributed by atoms with Gasteiger partial charge >= 0.3 is 0 Å². The lowest BCUT2D eigenvalue weighted by Gasteiger charge is -2.12. The molecule has 2 aromatic carbocycles. The van der Waals surface area contributed by atoms with Crippen molar-refractivity contribution in [3.05, 3.63) is 53.6 Å². The molecule has 20 heavy (non-hydrogen) atoms. The van der Waals surface area contributed by atoms with Crippen molar-refractivity contribution in [3.8, 4) is 0 Å². The summed E-state index contributed by atoms with van der Waals surface area (Å²) in [6.45, 7) is 3.90. The number of nitrogens with one attached hydrogen (secondary N) is 1. The zero-order valence-corrected chi connectivity index (χ0v) is 12.5. The molecule has 0 saturated heterocycles. The van der Waals surface area contributed by atoms with Crippen LogP contribution >= 0.6 is 11.8 Å². The Bertz CT molecular complexity index is 588. The third kappa shape index (κ3) is 3.78. The Balaban J connectivity index is 1.98. The lowest BCUT2D eigenvalue weighted by molar-refractivity contribution is -0.113. The maximum atomic E-state index is 12.0.